The predicted octanol–water partition coefficient (Wildman–Crippen LogP) is 0.395. The Balaban J connectivity index is 1.62. The van der Waals surface area contributed by atoms with Gasteiger partial charge in [-0.3, -0.25) is 14.9 Å². The van der Waals surface area contributed by atoms with Crippen LogP contribution >= 0.6 is 11.3 Å². The summed E-state index contributed by atoms with van der Waals surface area (Å²) in [5.74, 6) is -0.470. The summed E-state index contributed by atoms with van der Waals surface area (Å²) in [5.41, 5.74) is 0. The summed E-state index contributed by atoms with van der Waals surface area (Å²) in [7, 11) is 0. The van der Waals surface area contributed by atoms with E-state index in [0.717, 1.165) is 6.42 Å². The first kappa shape index (κ1) is 13.5. The smallest absolute Gasteiger partial charge is 0.322 e. The van der Waals surface area contributed by atoms with Crippen molar-refractivity contribution < 1.29 is 14.4 Å². The van der Waals surface area contributed by atoms with Crippen LogP contribution in [0.4, 0.5) is 4.79 Å². The molecule has 1 fully saturated rings. The quantitative estimate of drug-likeness (QED) is 0.659. The molecule has 1 aromatic rings. The molecule has 2 heterocycles. The largest absolute Gasteiger partial charge is 0.356 e. The molecule has 0 bridgehead atoms. The number of imide groups is 1. The maximum Gasteiger partial charge on any atom is 0.322 e. The molecule has 1 atom stereocenters. The lowest BCUT2D eigenvalue weighted by Gasteiger charge is -2.07. The van der Waals surface area contributed by atoms with Crippen molar-refractivity contribution in [2.24, 2.45) is 0 Å². The Labute approximate surface area is 114 Å². The molecular weight excluding hydrogens is 266 g/mol. The summed E-state index contributed by atoms with van der Waals surface area (Å²) in [5, 5.41) is 9.39. The van der Waals surface area contributed by atoms with Gasteiger partial charge >= 0.3 is 6.03 Å². The standard InChI is InChI=1S/C12H15N3O3S/c16-10(13-6-5-8-2-1-7-19-8)4-3-9-11(17)15-12(18)14-9/h1-2,7,9H,3-6H2,(H,13,16)(H2,14,15,17,18)/t9-/m0/s1. The van der Waals surface area contributed by atoms with Crippen molar-refractivity contribution >= 4 is 29.2 Å². The van der Waals surface area contributed by atoms with E-state index in [9.17, 15) is 14.4 Å². The molecule has 0 spiro atoms. The fourth-order valence-electron chi connectivity index (χ4n) is 1.81. The van der Waals surface area contributed by atoms with E-state index in [2.05, 4.69) is 16.0 Å². The highest BCUT2D eigenvalue weighted by molar-refractivity contribution is 7.09. The molecule has 0 aliphatic carbocycles. The maximum atomic E-state index is 11.6. The monoisotopic (exact) mass is 281 g/mol. The number of nitrogens with one attached hydrogen (secondary N) is 3. The van der Waals surface area contributed by atoms with Crippen molar-refractivity contribution in [3.05, 3.63) is 22.4 Å². The molecule has 1 aromatic heterocycles. The minimum Gasteiger partial charge on any atom is -0.356 e. The van der Waals surface area contributed by atoms with Gasteiger partial charge < -0.3 is 10.6 Å². The Morgan fingerprint density at radius 2 is 2.26 bits per heavy atom. The zero-order chi connectivity index (χ0) is 13.7. The first-order valence-corrected chi connectivity index (χ1v) is 6.93. The average molecular weight is 281 g/mol. The van der Waals surface area contributed by atoms with Crippen LogP contribution in [0.25, 0.3) is 0 Å². The molecule has 1 aliphatic heterocycles. The van der Waals surface area contributed by atoms with Crippen LogP contribution in [-0.2, 0) is 16.0 Å². The number of carbonyl (C=O) groups excluding carboxylic acids is 3. The summed E-state index contributed by atoms with van der Waals surface area (Å²) in [4.78, 5) is 34.9. The normalized spacial score (nSPS) is 18.0. The predicted molar refractivity (Wildman–Crippen MR) is 70.7 cm³/mol. The van der Waals surface area contributed by atoms with E-state index in [1.807, 2.05) is 17.5 Å². The third kappa shape index (κ3) is 4.06. The van der Waals surface area contributed by atoms with E-state index in [4.69, 9.17) is 0 Å². The Morgan fingerprint density at radius 3 is 2.89 bits per heavy atom. The minimum atomic E-state index is -0.587. The van der Waals surface area contributed by atoms with Crippen LogP contribution in [-0.4, -0.2) is 30.4 Å². The number of hydrogen-bond acceptors (Lipinski definition) is 4. The van der Waals surface area contributed by atoms with Crippen molar-refractivity contribution in [1.29, 1.82) is 0 Å². The highest BCUT2D eigenvalue weighted by Gasteiger charge is 2.29. The highest BCUT2D eigenvalue weighted by atomic mass is 32.1. The van der Waals surface area contributed by atoms with Gasteiger partial charge in [-0.2, -0.15) is 0 Å². The Kier molecular flexibility index (Phi) is 4.51. The second kappa shape index (κ2) is 6.33. The molecule has 7 heteroatoms. The van der Waals surface area contributed by atoms with Crippen LogP contribution in [0, 0.1) is 0 Å². The van der Waals surface area contributed by atoms with E-state index in [1.165, 1.54) is 4.88 Å². The molecular formula is C12H15N3O3S. The van der Waals surface area contributed by atoms with Gasteiger partial charge in [-0.1, -0.05) is 6.07 Å². The fraction of sp³-hybridized carbons (Fsp3) is 0.417. The van der Waals surface area contributed by atoms with Gasteiger partial charge in [0.05, 0.1) is 0 Å². The summed E-state index contributed by atoms with van der Waals surface area (Å²) in [6, 6.07) is 2.92. The summed E-state index contributed by atoms with van der Waals surface area (Å²) in [6.07, 6.45) is 1.36. The molecule has 0 saturated carbocycles. The number of rotatable bonds is 6. The van der Waals surface area contributed by atoms with Crippen LogP contribution in [0.3, 0.4) is 0 Å². The maximum absolute atomic E-state index is 11.6. The van der Waals surface area contributed by atoms with Crippen LogP contribution in [0.15, 0.2) is 17.5 Å². The molecule has 102 valence electrons. The summed E-state index contributed by atoms with van der Waals surface area (Å²) >= 11 is 1.66. The van der Waals surface area contributed by atoms with E-state index in [1.54, 1.807) is 11.3 Å². The van der Waals surface area contributed by atoms with Crippen molar-refractivity contribution in [3.63, 3.8) is 0 Å². The van der Waals surface area contributed by atoms with Gasteiger partial charge in [-0.05, 0) is 24.3 Å². The van der Waals surface area contributed by atoms with E-state index >= 15 is 0 Å². The molecule has 2 rings (SSSR count). The van der Waals surface area contributed by atoms with Crippen molar-refractivity contribution in [2.75, 3.05) is 6.54 Å². The zero-order valence-corrected chi connectivity index (χ0v) is 11.1. The SMILES string of the molecule is O=C(CC[C@@H]1NC(=O)NC1=O)NCCc1cccs1. The van der Waals surface area contributed by atoms with Crippen molar-refractivity contribution in [3.8, 4) is 0 Å². The van der Waals surface area contributed by atoms with Gasteiger partial charge in [0.25, 0.3) is 5.91 Å². The second-order valence-corrected chi connectivity index (χ2v) is 5.27. The lowest BCUT2D eigenvalue weighted by molar-refractivity contribution is -0.122. The van der Waals surface area contributed by atoms with Crippen molar-refractivity contribution in [1.82, 2.24) is 16.0 Å². The van der Waals surface area contributed by atoms with E-state index in [-0.39, 0.29) is 18.2 Å². The molecule has 3 N–H and O–H groups in total. The molecule has 19 heavy (non-hydrogen) atoms. The third-order valence-corrected chi connectivity index (χ3v) is 3.73. The highest BCUT2D eigenvalue weighted by Crippen LogP contribution is 2.08. The molecule has 0 radical (unpaired) electrons. The van der Waals surface area contributed by atoms with Crippen LogP contribution in [0.1, 0.15) is 17.7 Å². The number of carbonyl (C=O) groups is 3. The topological polar surface area (TPSA) is 87.3 Å². The Hall–Kier alpha value is -1.89. The second-order valence-electron chi connectivity index (χ2n) is 4.23. The fourth-order valence-corrected chi connectivity index (χ4v) is 2.51. The first-order valence-electron chi connectivity index (χ1n) is 6.05. The molecule has 4 amide bonds. The Morgan fingerprint density at radius 1 is 1.42 bits per heavy atom. The number of amides is 4. The molecule has 1 aliphatic rings. The molecule has 0 unspecified atom stereocenters. The van der Waals surface area contributed by atoms with Crippen LogP contribution in [0.5, 0.6) is 0 Å². The van der Waals surface area contributed by atoms with Crippen LogP contribution in [0.2, 0.25) is 0 Å². The summed E-state index contributed by atoms with van der Waals surface area (Å²) in [6.45, 7) is 0.586. The average Bonchev–Trinajstić information content (AvgIpc) is 2.97. The van der Waals surface area contributed by atoms with E-state index < -0.39 is 12.1 Å². The molecule has 6 nitrogen and oxygen atoms in total. The number of urea groups is 1. The third-order valence-electron chi connectivity index (χ3n) is 2.79. The van der Waals surface area contributed by atoms with Gasteiger partial charge in [0, 0.05) is 17.8 Å². The van der Waals surface area contributed by atoms with Gasteiger partial charge in [0.15, 0.2) is 0 Å². The van der Waals surface area contributed by atoms with Crippen LogP contribution < -0.4 is 16.0 Å². The molecule has 1 saturated heterocycles. The zero-order valence-electron chi connectivity index (χ0n) is 10.3. The number of thiophene rings is 1. The molecule has 0 aromatic carbocycles. The van der Waals surface area contributed by atoms with Crippen molar-refractivity contribution in [2.45, 2.75) is 25.3 Å². The summed E-state index contributed by atoms with van der Waals surface area (Å²) < 4.78 is 0. The van der Waals surface area contributed by atoms with Gasteiger partial charge in [-0.25, -0.2) is 4.79 Å². The van der Waals surface area contributed by atoms with Gasteiger partial charge in [0.2, 0.25) is 5.91 Å². The lowest BCUT2D eigenvalue weighted by atomic mass is 10.1. The Bertz CT molecular complexity index is 473. The van der Waals surface area contributed by atoms with Gasteiger partial charge in [0.1, 0.15) is 6.04 Å². The lowest BCUT2D eigenvalue weighted by Crippen LogP contribution is -2.32. The van der Waals surface area contributed by atoms with Gasteiger partial charge in [-0.15, -0.1) is 11.3 Å². The minimum absolute atomic E-state index is 0.106. The number of hydrogen-bond donors (Lipinski definition) is 3. The van der Waals surface area contributed by atoms with E-state index in [0.29, 0.717) is 13.0 Å². The first-order chi connectivity index (χ1) is 9.15.